The average molecular weight is 277 g/mol. The summed E-state index contributed by atoms with van der Waals surface area (Å²) < 4.78 is 7.91. The molecule has 1 N–H and O–H groups in total. The number of aryl methyl sites for hydroxylation is 1. The van der Waals surface area contributed by atoms with Crippen molar-refractivity contribution in [2.24, 2.45) is 7.05 Å². The van der Waals surface area contributed by atoms with Gasteiger partial charge in [-0.05, 0) is 36.3 Å². The molecule has 0 radical (unpaired) electrons. The molecule has 0 aromatic carbocycles. The summed E-state index contributed by atoms with van der Waals surface area (Å²) >= 11 is 3.39. The monoisotopic (exact) mass is 276 g/mol. The van der Waals surface area contributed by atoms with Gasteiger partial charge in [0.05, 0.1) is 11.7 Å². The van der Waals surface area contributed by atoms with E-state index in [2.05, 4.69) is 31.6 Å². The van der Waals surface area contributed by atoms with Gasteiger partial charge in [-0.1, -0.05) is 5.21 Å². The lowest BCUT2D eigenvalue weighted by atomic mass is 10.1. The Morgan fingerprint density at radius 1 is 1.60 bits per heavy atom. The van der Waals surface area contributed by atoms with Crippen LogP contribution in [0.1, 0.15) is 25.1 Å². The number of hydrogen-bond donors (Lipinski definition) is 1. The number of halogens is 1. The van der Waals surface area contributed by atoms with E-state index in [1.165, 1.54) is 0 Å². The predicted molar refractivity (Wildman–Crippen MR) is 61.6 cm³/mol. The van der Waals surface area contributed by atoms with Crippen molar-refractivity contribution in [2.75, 3.05) is 20.3 Å². The molecule has 1 atom stereocenters. The smallest absolute Gasteiger partial charge is 0.153 e. The van der Waals surface area contributed by atoms with Gasteiger partial charge in [0.1, 0.15) is 0 Å². The van der Waals surface area contributed by atoms with Gasteiger partial charge in [-0.25, -0.2) is 4.68 Å². The topological polar surface area (TPSA) is 52.0 Å². The first-order valence-electron chi connectivity index (χ1n) is 5.00. The first-order valence-corrected chi connectivity index (χ1v) is 5.80. The lowest BCUT2D eigenvalue weighted by molar-refractivity contribution is 0.136. The summed E-state index contributed by atoms with van der Waals surface area (Å²) in [7, 11) is 3.81. The van der Waals surface area contributed by atoms with Crippen LogP contribution in [0.15, 0.2) is 4.60 Å². The number of hydrogen-bond acceptors (Lipinski definition) is 4. The Kier molecular flexibility index (Phi) is 5.21. The Morgan fingerprint density at radius 3 is 2.80 bits per heavy atom. The fourth-order valence-corrected chi connectivity index (χ4v) is 2.08. The van der Waals surface area contributed by atoms with Gasteiger partial charge in [-0.15, -0.1) is 5.10 Å². The van der Waals surface area contributed by atoms with Crippen LogP contribution in [0.4, 0.5) is 0 Å². The SMILES string of the molecule is CCOCCC(NC)c1c(Br)nnn1C. The highest BCUT2D eigenvalue weighted by Gasteiger charge is 2.17. The lowest BCUT2D eigenvalue weighted by Crippen LogP contribution is -2.21. The second-order valence-electron chi connectivity index (χ2n) is 3.22. The molecule has 15 heavy (non-hydrogen) atoms. The molecule has 5 nitrogen and oxygen atoms in total. The molecule has 0 aliphatic rings. The quantitative estimate of drug-likeness (QED) is 0.795. The summed E-state index contributed by atoms with van der Waals surface area (Å²) in [5.74, 6) is 0. The lowest BCUT2D eigenvalue weighted by Gasteiger charge is -2.16. The van der Waals surface area contributed by atoms with Crippen LogP contribution in [0.25, 0.3) is 0 Å². The van der Waals surface area contributed by atoms with Crippen molar-refractivity contribution in [3.63, 3.8) is 0 Å². The average Bonchev–Trinajstić information content (AvgIpc) is 2.55. The zero-order chi connectivity index (χ0) is 11.3. The van der Waals surface area contributed by atoms with E-state index >= 15 is 0 Å². The summed E-state index contributed by atoms with van der Waals surface area (Å²) in [6.07, 6.45) is 0.907. The normalized spacial score (nSPS) is 13.1. The molecule has 1 aromatic heterocycles. The molecule has 0 spiro atoms. The van der Waals surface area contributed by atoms with E-state index in [1.54, 1.807) is 4.68 Å². The molecule has 1 heterocycles. The van der Waals surface area contributed by atoms with E-state index in [0.717, 1.165) is 29.9 Å². The Morgan fingerprint density at radius 2 is 2.33 bits per heavy atom. The molecule has 0 bridgehead atoms. The van der Waals surface area contributed by atoms with Crippen molar-refractivity contribution >= 4 is 15.9 Å². The van der Waals surface area contributed by atoms with Crippen molar-refractivity contribution in [1.29, 1.82) is 0 Å². The van der Waals surface area contributed by atoms with E-state index in [4.69, 9.17) is 4.74 Å². The summed E-state index contributed by atoms with van der Waals surface area (Å²) in [5.41, 5.74) is 1.05. The summed E-state index contributed by atoms with van der Waals surface area (Å²) in [4.78, 5) is 0. The molecule has 6 heteroatoms. The molecule has 0 aliphatic carbocycles. The number of rotatable bonds is 6. The van der Waals surface area contributed by atoms with Gasteiger partial charge in [-0.3, -0.25) is 0 Å². The summed E-state index contributed by atoms with van der Waals surface area (Å²) in [6.45, 7) is 3.48. The van der Waals surface area contributed by atoms with Gasteiger partial charge in [-0.2, -0.15) is 0 Å². The standard InChI is InChI=1S/C9H17BrN4O/c1-4-15-6-5-7(11-2)8-9(10)12-13-14(8)3/h7,11H,4-6H2,1-3H3. The molecular formula is C9H17BrN4O. The summed E-state index contributed by atoms with van der Waals surface area (Å²) in [6, 6.07) is 0.214. The first-order chi connectivity index (χ1) is 7.20. The van der Waals surface area contributed by atoms with Crippen molar-refractivity contribution in [2.45, 2.75) is 19.4 Å². The molecule has 1 unspecified atom stereocenters. The van der Waals surface area contributed by atoms with Crippen LogP contribution in [0, 0.1) is 0 Å². The number of nitrogens with zero attached hydrogens (tertiary/aromatic N) is 3. The van der Waals surface area contributed by atoms with E-state index in [0.29, 0.717) is 0 Å². The Labute approximate surface area is 98.3 Å². The Hall–Kier alpha value is -0.460. The highest BCUT2D eigenvalue weighted by Crippen LogP contribution is 2.22. The van der Waals surface area contributed by atoms with Gasteiger partial charge in [0.15, 0.2) is 4.60 Å². The van der Waals surface area contributed by atoms with Crippen LogP contribution in [0.3, 0.4) is 0 Å². The molecule has 1 aromatic rings. The van der Waals surface area contributed by atoms with Crippen LogP contribution in [0.5, 0.6) is 0 Å². The van der Waals surface area contributed by atoms with Gasteiger partial charge >= 0.3 is 0 Å². The maximum Gasteiger partial charge on any atom is 0.153 e. The zero-order valence-corrected chi connectivity index (χ0v) is 10.9. The second-order valence-corrected chi connectivity index (χ2v) is 3.97. The van der Waals surface area contributed by atoms with Gasteiger partial charge < -0.3 is 10.1 Å². The van der Waals surface area contributed by atoms with Crippen molar-refractivity contribution < 1.29 is 4.74 Å². The second kappa shape index (κ2) is 6.19. The highest BCUT2D eigenvalue weighted by atomic mass is 79.9. The van der Waals surface area contributed by atoms with Crippen molar-refractivity contribution in [3.05, 3.63) is 10.3 Å². The van der Waals surface area contributed by atoms with Crippen LogP contribution in [0.2, 0.25) is 0 Å². The minimum Gasteiger partial charge on any atom is -0.382 e. The third-order valence-electron chi connectivity index (χ3n) is 2.26. The van der Waals surface area contributed by atoms with Crippen LogP contribution >= 0.6 is 15.9 Å². The first kappa shape index (κ1) is 12.6. The summed E-state index contributed by atoms with van der Waals surface area (Å²) in [5, 5.41) is 11.1. The Balaban J connectivity index is 2.65. The maximum atomic E-state index is 5.34. The van der Waals surface area contributed by atoms with E-state index < -0.39 is 0 Å². The Bertz CT molecular complexity index is 283. The molecule has 0 saturated heterocycles. The van der Waals surface area contributed by atoms with Crippen molar-refractivity contribution in [1.82, 2.24) is 20.3 Å². The molecule has 1 rings (SSSR count). The molecule has 86 valence electrons. The van der Waals surface area contributed by atoms with Gasteiger partial charge in [0.2, 0.25) is 0 Å². The molecule has 0 aliphatic heterocycles. The molecule has 0 amide bonds. The zero-order valence-electron chi connectivity index (χ0n) is 9.33. The van der Waals surface area contributed by atoms with Crippen LogP contribution in [-0.2, 0) is 11.8 Å². The van der Waals surface area contributed by atoms with E-state index in [-0.39, 0.29) is 6.04 Å². The van der Waals surface area contributed by atoms with Crippen molar-refractivity contribution in [3.8, 4) is 0 Å². The molecule has 0 fully saturated rings. The van der Waals surface area contributed by atoms with E-state index in [1.807, 2.05) is 21.0 Å². The number of ether oxygens (including phenoxy) is 1. The third kappa shape index (κ3) is 3.25. The minimum atomic E-state index is 0.214. The molecule has 0 saturated carbocycles. The largest absolute Gasteiger partial charge is 0.382 e. The maximum absolute atomic E-state index is 5.34. The fraction of sp³-hybridized carbons (Fsp3) is 0.778. The molecular weight excluding hydrogens is 260 g/mol. The predicted octanol–water partition coefficient (Wildman–Crippen LogP) is 1.26. The van der Waals surface area contributed by atoms with Gasteiger partial charge in [0.25, 0.3) is 0 Å². The highest BCUT2D eigenvalue weighted by molar-refractivity contribution is 9.10. The van der Waals surface area contributed by atoms with Crippen LogP contribution in [-0.4, -0.2) is 35.3 Å². The van der Waals surface area contributed by atoms with Crippen LogP contribution < -0.4 is 5.32 Å². The number of aromatic nitrogens is 3. The third-order valence-corrected chi connectivity index (χ3v) is 2.83. The fourth-order valence-electron chi connectivity index (χ4n) is 1.47. The van der Waals surface area contributed by atoms with Gasteiger partial charge in [0, 0.05) is 20.3 Å². The van der Waals surface area contributed by atoms with E-state index in [9.17, 15) is 0 Å². The minimum absolute atomic E-state index is 0.214. The number of nitrogens with one attached hydrogen (secondary N) is 1.